The van der Waals surface area contributed by atoms with Crippen molar-refractivity contribution in [2.24, 2.45) is 0 Å². The number of hydrogen-bond acceptors (Lipinski definition) is 1. The summed E-state index contributed by atoms with van der Waals surface area (Å²) in [6.07, 6.45) is 5.44. The van der Waals surface area contributed by atoms with Crippen LogP contribution in [0.2, 0.25) is 0 Å². The van der Waals surface area contributed by atoms with Crippen LogP contribution in [0.15, 0.2) is 43.0 Å². The predicted octanol–water partition coefficient (Wildman–Crippen LogP) is 0.990. The van der Waals surface area contributed by atoms with Crippen molar-refractivity contribution in [3.05, 3.63) is 48.5 Å². The van der Waals surface area contributed by atoms with E-state index in [9.17, 15) is 4.79 Å². The zero-order valence-corrected chi connectivity index (χ0v) is 7.34. The summed E-state index contributed by atoms with van der Waals surface area (Å²) in [5.41, 5.74) is 1.22. The molecule has 2 aromatic rings. The lowest BCUT2D eigenvalue weighted by molar-refractivity contribution is -0.594. The number of aromatic nitrogens is 2. The standard InChI is InChI=1S/C10H8N2O2/c13-10(14)8-1-3-9(4-2-8)12-6-5-11-7-12/h1-7H,(H,13,14)/p+1. The highest BCUT2D eigenvalue weighted by Gasteiger charge is 2.04. The number of carboxylic acid groups (broad SMARTS) is 1. The van der Waals surface area contributed by atoms with Crippen molar-refractivity contribution in [3.63, 3.8) is 0 Å². The number of aromatic amines is 1. The average molecular weight is 189 g/mol. The van der Waals surface area contributed by atoms with E-state index in [1.54, 1.807) is 36.8 Å². The van der Waals surface area contributed by atoms with Gasteiger partial charge in [-0.25, -0.2) is 14.3 Å². The summed E-state index contributed by atoms with van der Waals surface area (Å²) in [5.74, 6) is -0.907. The minimum atomic E-state index is -0.907. The van der Waals surface area contributed by atoms with E-state index in [1.807, 2.05) is 10.8 Å². The van der Waals surface area contributed by atoms with Gasteiger partial charge in [-0.1, -0.05) is 0 Å². The monoisotopic (exact) mass is 189 g/mol. The molecule has 1 aromatic carbocycles. The molecule has 4 nitrogen and oxygen atoms in total. The van der Waals surface area contributed by atoms with Gasteiger partial charge in [0.2, 0.25) is 6.33 Å². The van der Waals surface area contributed by atoms with Crippen molar-refractivity contribution in [2.45, 2.75) is 0 Å². The number of imidazole rings is 1. The van der Waals surface area contributed by atoms with E-state index < -0.39 is 5.97 Å². The minimum Gasteiger partial charge on any atom is -0.478 e. The average Bonchev–Trinajstić information content (AvgIpc) is 2.71. The van der Waals surface area contributed by atoms with Gasteiger partial charge in [0.25, 0.3) is 0 Å². The molecule has 1 heterocycles. The fourth-order valence-corrected chi connectivity index (χ4v) is 1.23. The molecule has 0 amide bonds. The second-order valence-corrected chi connectivity index (χ2v) is 2.87. The van der Waals surface area contributed by atoms with Crippen LogP contribution in [0.5, 0.6) is 0 Å². The highest BCUT2D eigenvalue weighted by molar-refractivity contribution is 5.87. The second kappa shape index (κ2) is 3.33. The molecule has 0 saturated heterocycles. The Kier molecular flexibility index (Phi) is 2.02. The molecule has 2 rings (SSSR count). The van der Waals surface area contributed by atoms with Crippen LogP contribution >= 0.6 is 0 Å². The van der Waals surface area contributed by atoms with E-state index in [0.29, 0.717) is 5.56 Å². The first kappa shape index (κ1) is 8.50. The Labute approximate surface area is 80.4 Å². The number of carbonyl (C=O) groups is 1. The van der Waals surface area contributed by atoms with Crippen LogP contribution in [-0.4, -0.2) is 16.1 Å². The molecule has 0 unspecified atom stereocenters. The van der Waals surface area contributed by atoms with Gasteiger partial charge in [0.05, 0.1) is 5.56 Å². The normalized spacial score (nSPS) is 10.0. The van der Waals surface area contributed by atoms with Gasteiger partial charge in [0.1, 0.15) is 18.1 Å². The smallest absolute Gasteiger partial charge is 0.335 e. The van der Waals surface area contributed by atoms with Crippen molar-refractivity contribution in [1.82, 2.24) is 4.98 Å². The lowest BCUT2D eigenvalue weighted by atomic mass is 10.2. The van der Waals surface area contributed by atoms with Gasteiger partial charge >= 0.3 is 5.97 Å². The molecule has 1 aromatic heterocycles. The van der Waals surface area contributed by atoms with E-state index in [-0.39, 0.29) is 0 Å². The zero-order chi connectivity index (χ0) is 9.97. The summed E-state index contributed by atoms with van der Waals surface area (Å²) < 4.78 is 1.87. The van der Waals surface area contributed by atoms with Crippen molar-refractivity contribution < 1.29 is 14.5 Å². The maximum Gasteiger partial charge on any atom is 0.335 e. The third-order valence-corrected chi connectivity index (χ3v) is 1.96. The molecule has 14 heavy (non-hydrogen) atoms. The SMILES string of the molecule is O=C(O)c1ccc(-[n+]2cc[nH]c2)cc1. The van der Waals surface area contributed by atoms with Crippen molar-refractivity contribution in [2.75, 3.05) is 0 Å². The topological polar surface area (TPSA) is 57.0 Å². The van der Waals surface area contributed by atoms with Crippen LogP contribution in [0.1, 0.15) is 10.4 Å². The van der Waals surface area contributed by atoms with Crippen LogP contribution in [0.4, 0.5) is 0 Å². The summed E-state index contributed by atoms with van der Waals surface area (Å²) in [5, 5.41) is 8.69. The molecule has 0 spiro atoms. The quantitative estimate of drug-likeness (QED) is 0.692. The predicted molar refractivity (Wildman–Crippen MR) is 49.3 cm³/mol. The van der Waals surface area contributed by atoms with E-state index in [1.165, 1.54) is 0 Å². The number of rotatable bonds is 2. The Bertz CT molecular complexity index is 432. The number of nitrogens with one attached hydrogen (secondary N) is 1. The van der Waals surface area contributed by atoms with Gasteiger partial charge in [0.15, 0.2) is 0 Å². The molecule has 0 atom stereocenters. The number of benzene rings is 1. The van der Waals surface area contributed by atoms with E-state index in [4.69, 9.17) is 5.11 Å². The summed E-state index contributed by atoms with van der Waals surface area (Å²) in [7, 11) is 0. The Morgan fingerprint density at radius 1 is 1.29 bits per heavy atom. The van der Waals surface area contributed by atoms with E-state index >= 15 is 0 Å². The summed E-state index contributed by atoms with van der Waals surface area (Å²) in [6, 6.07) is 6.68. The molecule has 0 aliphatic heterocycles. The molecule has 0 radical (unpaired) electrons. The molecule has 0 aliphatic rings. The minimum absolute atomic E-state index is 0.296. The fraction of sp³-hybridized carbons (Fsp3) is 0. The van der Waals surface area contributed by atoms with Crippen molar-refractivity contribution in [1.29, 1.82) is 0 Å². The number of carboxylic acids is 1. The van der Waals surface area contributed by atoms with Crippen LogP contribution in [0, 0.1) is 0 Å². The van der Waals surface area contributed by atoms with E-state index in [0.717, 1.165) is 5.69 Å². The summed E-state index contributed by atoms with van der Waals surface area (Å²) >= 11 is 0. The molecular formula is C10H9N2O2+. The third kappa shape index (κ3) is 1.50. The molecule has 70 valence electrons. The van der Waals surface area contributed by atoms with Crippen molar-refractivity contribution in [3.8, 4) is 5.69 Å². The Morgan fingerprint density at radius 3 is 2.50 bits per heavy atom. The van der Waals surface area contributed by atoms with Gasteiger partial charge < -0.3 is 5.11 Å². The molecule has 2 N–H and O–H groups in total. The molecule has 0 bridgehead atoms. The first-order valence-electron chi connectivity index (χ1n) is 4.15. The number of nitrogens with zero attached hydrogens (tertiary/aromatic N) is 1. The maximum absolute atomic E-state index is 10.6. The highest BCUT2D eigenvalue weighted by Crippen LogP contribution is 2.03. The lowest BCUT2D eigenvalue weighted by Gasteiger charge is -1.96. The van der Waals surface area contributed by atoms with Gasteiger partial charge in [-0.15, -0.1) is 0 Å². The van der Waals surface area contributed by atoms with Crippen LogP contribution in [-0.2, 0) is 0 Å². The van der Waals surface area contributed by atoms with Crippen LogP contribution < -0.4 is 4.57 Å². The zero-order valence-electron chi connectivity index (χ0n) is 7.34. The Hall–Kier alpha value is -2.10. The maximum atomic E-state index is 10.6. The first-order valence-corrected chi connectivity index (χ1v) is 4.15. The van der Waals surface area contributed by atoms with Crippen molar-refractivity contribution >= 4 is 5.97 Å². The van der Waals surface area contributed by atoms with Gasteiger partial charge in [-0.3, -0.25) is 0 Å². The second-order valence-electron chi connectivity index (χ2n) is 2.87. The van der Waals surface area contributed by atoms with Gasteiger partial charge in [-0.05, 0) is 24.3 Å². The Morgan fingerprint density at radius 2 is 2.00 bits per heavy atom. The van der Waals surface area contributed by atoms with Gasteiger partial charge in [-0.2, -0.15) is 0 Å². The molecule has 4 heteroatoms. The van der Waals surface area contributed by atoms with E-state index in [2.05, 4.69) is 4.98 Å². The number of aromatic carboxylic acids is 1. The number of hydrogen-bond donors (Lipinski definition) is 2. The number of H-pyrrole nitrogens is 1. The molecule has 0 fully saturated rings. The van der Waals surface area contributed by atoms with Gasteiger partial charge in [0, 0.05) is 0 Å². The fourth-order valence-electron chi connectivity index (χ4n) is 1.23. The molecule has 0 saturated carbocycles. The summed E-state index contributed by atoms with van der Waals surface area (Å²) in [6.45, 7) is 0. The Balaban J connectivity index is 2.36. The van der Waals surface area contributed by atoms with Crippen LogP contribution in [0.3, 0.4) is 0 Å². The third-order valence-electron chi connectivity index (χ3n) is 1.96. The molecule has 0 aliphatic carbocycles. The highest BCUT2D eigenvalue weighted by atomic mass is 16.4. The molecular weight excluding hydrogens is 180 g/mol. The van der Waals surface area contributed by atoms with Crippen LogP contribution in [0.25, 0.3) is 5.69 Å². The lowest BCUT2D eigenvalue weighted by Crippen LogP contribution is -2.26. The summed E-state index contributed by atoms with van der Waals surface area (Å²) in [4.78, 5) is 13.5. The largest absolute Gasteiger partial charge is 0.478 e. The first-order chi connectivity index (χ1) is 6.77.